The summed E-state index contributed by atoms with van der Waals surface area (Å²) in [5.41, 5.74) is 4.46. The lowest BCUT2D eigenvalue weighted by atomic mass is 10.1. The molecule has 7 nitrogen and oxygen atoms in total. The van der Waals surface area contributed by atoms with E-state index in [1.165, 1.54) is 20.7 Å². The van der Waals surface area contributed by atoms with E-state index in [9.17, 15) is 0 Å². The third kappa shape index (κ3) is 4.74. The Bertz CT molecular complexity index is 981. The summed E-state index contributed by atoms with van der Waals surface area (Å²) in [6.45, 7) is 4.58. The number of aromatic nitrogens is 2. The van der Waals surface area contributed by atoms with E-state index in [4.69, 9.17) is 15.3 Å². The Morgan fingerprint density at radius 2 is 1.67 bits per heavy atom. The van der Waals surface area contributed by atoms with Crippen LogP contribution in [0.1, 0.15) is 0 Å². The van der Waals surface area contributed by atoms with Crippen LogP contribution in [-0.2, 0) is 6.54 Å². The molecule has 9 heteroatoms. The molecular formula is C21H28ClN5O2S. The minimum absolute atomic E-state index is 0. The van der Waals surface area contributed by atoms with Crippen LogP contribution in [0, 0.1) is 0 Å². The van der Waals surface area contributed by atoms with Crippen molar-refractivity contribution in [3.63, 3.8) is 0 Å². The number of aliphatic hydroxyl groups excluding tert-OH is 2. The summed E-state index contributed by atoms with van der Waals surface area (Å²) in [6.07, 6.45) is 0. The van der Waals surface area contributed by atoms with Gasteiger partial charge in [0.2, 0.25) is 0 Å². The van der Waals surface area contributed by atoms with E-state index < -0.39 is 0 Å². The van der Waals surface area contributed by atoms with E-state index in [2.05, 4.69) is 57.0 Å². The minimum atomic E-state index is 0. The van der Waals surface area contributed by atoms with Gasteiger partial charge in [-0.05, 0) is 18.2 Å². The Balaban J connectivity index is 0.00000256. The van der Waals surface area contributed by atoms with Gasteiger partial charge in [-0.25, -0.2) is 0 Å². The average Bonchev–Trinajstić information content (AvgIpc) is 3.12. The molecule has 0 atom stereocenters. The molecule has 5 N–H and O–H groups in total. The van der Waals surface area contributed by atoms with Crippen LogP contribution in [0.4, 0.5) is 5.69 Å². The van der Waals surface area contributed by atoms with E-state index in [0.717, 1.165) is 43.1 Å². The summed E-state index contributed by atoms with van der Waals surface area (Å²) in [7, 11) is 0. The normalized spacial score (nSPS) is 11.9. The Labute approximate surface area is 186 Å². The van der Waals surface area contributed by atoms with Crippen LogP contribution in [0.5, 0.6) is 0 Å². The topological polar surface area (TPSA) is 94.4 Å². The van der Waals surface area contributed by atoms with E-state index in [0.29, 0.717) is 13.1 Å². The van der Waals surface area contributed by atoms with Crippen LogP contribution < -0.4 is 16.0 Å². The quantitative estimate of drug-likeness (QED) is 0.224. The first-order valence-electron chi connectivity index (χ1n) is 10.0. The minimum Gasteiger partial charge on any atom is -0.395 e. The predicted molar refractivity (Wildman–Crippen MR) is 125 cm³/mol. The molecule has 0 bridgehead atoms. The maximum Gasteiger partial charge on any atom is 0.103 e. The highest BCUT2D eigenvalue weighted by Crippen LogP contribution is 2.50. The number of rotatable bonds is 11. The number of hydrogen-bond acceptors (Lipinski definition) is 7. The van der Waals surface area contributed by atoms with Crippen molar-refractivity contribution in [2.45, 2.75) is 16.3 Å². The fourth-order valence-corrected chi connectivity index (χ4v) is 4.78. The van der Waals surface area contributed by atoms with Gasteiger partial charge in [0.05, 0.1) is 25.3 Å². The standard InChI is InChI=1S/C21H27N5O2S.ClH/c27-13-10-22-7-8-24-16-5-6-17-19-20(25-26(17)12-9-23-11-14-28)15-3-1-2-4-18(15)29-21(16)19;/h1-6,22-24,27-28H,7-14H2;1H. The largest absolute Gasteiger partial charge is 0.395 e. The van der Waals surface area contributed by atoms with Crippen LogP contribution in [0.3, 0.4) is 0 Å². The second-order valence-corrected chi connectivity index (χ2v) is 7.93. The Morgan fingerprint density at radius 1 is 0.900 bits per heavy atom. The highest BCUT2D eigenvalue weighted by atomic mass is 35.5. The van der Waals surface area contributed by atoms with E-state index >= 15 is 0 Å². The summed E-state index contributed by atoms with van der Waals surface area (Å²) in [4.78, 5) is 2.44. The monoisotopic (exact) mass is 449 g/mol. The molecule has 1 aliphatic heterocycles. The summed E-state index contributed by atoms with van der Waals surface area (Å²) < 4.78 is 2.06. The van der Waals surface area contributed by atoms with E-state index in [-0.39, 0.29) is 25.6 Å². The van der Waals surface area contributed by atoms with Crippen molar-refractivity contribution < 1.29 is 10.2 Å². The fraction of sp³-hybridized carbons (Fsp3) is 0.381. The second-order valence-electron chi connectivity index (χ2n) is 6.88. The first-order chi connectivity index (χ1) is 14.3. The molecule has 2 aromatic carbocycles. The molecule has 0 fully saturated rings. The number of benzene rings is 2. The number of nitrogens with one attached hydrogen (secondary N) is 3. The van der Waals surface area contributed by atoms with Gasteiger partial charge in [-0.1, -0.05) is 30.0 Å². The molecule has 3 aromatic rings. The first kappa shape index (κ1) is 22.9. The first-order valence-corrected chi connectivity index (χ1v) is 10.8. The molecule has 162 valence electrons. The summed E-state index contributed by atoms with van der Waals surface area (Å²) in [5, 5.41) is 34.0. The molecule has 1 aliphatic rings. The fourth-order valence-electron chi connectivity index (χ4n) is 3.58. The Hall–Kier alpha value is -1.81. The van der Waals surface area contributed by atoms with Gasteiger partial charge in [-0.3, -0.25) is 4.68 Å². The molecule has 0 saturated carbocycles. The number of anilines is 1. The third-order valence-electron chi connectivity index (χ3n) is 4.92. The number of fused-ring (bicyclic) bond motifs is 2. The highest BCUT2D eigenvalue weighted by molar-refractivity contribution is 8.00. The molecular weight excluding hydrogens is 422 g/mol. The smallest absolute Gasteiger partial charge is 0.103 e. The average molecular weight is 450 g/mol. The highest BCUT2D eigenvalue weighted by Gasteiger charge is 2.25. The predicted octanol–water partition coefficient (Wildman–Crippen LogP) is 2.17. The van der Waals surface area contributed by atoms with Crippen LogP contribution >= 0.6 is 24.2 Å². The molecule has 0 aliphatic carbocycles. The molecule has 2 heterocycles. The van der Waals surface area contributed by atoms with Crippen LogP contribution in [-0.4, -0.2) is 65.9 Å². The second kappa shape index (κ2) is 11.0. The van der Waals surface area contributed by atoms with Crippen molar-refractivity contribution in [1.29, 1.82) is 0 Å². The van der Waals surface area contributed by atoms with Crippen molar-refractivity contribution in [3.05, 3.63) is 36.4 Å². The lowest BCUT2D eigenvalue weighted by Gasteiger charge is -2.19. The molecule has 0 radical (unpaired) electrons. The van der Waals surface area contributed by atoms with Gasteiger partial charge in [0, 0.05) is 59.2 Å². The third-order valence-corrected chi connectivity index (χ3v) is 6.12. The summed E-state index contributed by atoms with van der Waals surface area (Å²) in [6, 6.07) is 12.7. The molecule has 0 unspecified atom stereocenters. The SMILES string of the molecule is Cl.OCCNCCNc1ccc2c3c(nn2CCNCCO)-c2ccccc2Sc13. The number of nitrogens with zero attached hydrogens (tertiary/aromatic N) is 2. The van der Waals surface area contributed by atoms with Gasteiger partial charge in [0.25, 0.3) is 0 Å². The van der Waals surface area contributed by atoms with Gasteiger partial charge < -0.3 is 26.2 Å². The number of hydrogen-bond donors (Lipinski definition) is 5. The van der Waals surface area contributed by atoms with Crippen molar-refractivity contribution in [1.82, 2.24) is 20.4 Å². The van der Waals surface area contributed by atoms with Crippen molar-refractivity contribution in [2.24, 2.45) is 0 Å². The van der Waals surface area contributed by atoms with Crippen LogP contribution in [0.15, 0.2) is 46.2 Å². The van der Waals surface area contributed by atoms with E-state index in [1.54, 1.807) is 11.8 Å². The zero-order chi connectivity index (χ0) is 20.1. The molecule has 4 rings (SSSR count). The maximum absolute atomic E-state index is 8.97. The zero-order valence-electron chi connectivity index (χ0n) is 16.7. The van der Waals surface area contributed by atoms with Gasteiger partial charge in [0.1, 0.15) is 5.69 Å². The van der Waals surface area contributed by atoms with Crippen LogP contribution in [0.25, 0.3) is 22.2 Å². The zero-order valence-corrected chi connectivity index (χ0v) is 18.4. The summed E-state index contributed by atoms with van der Waals surface area (Å²) in [5.74, 6) is 0. The Morgan fingerprint density at radius 3 is 2.47 bits per heavy atom. The number of halogens is 1. The maximum atomic E-state index is 8.97. The van der Waals surface area contributed by atoms with Gasteiger partial charge in [-0.2, -0.15) is 5.10 Å². The lowest BCUT2D eigenvalue weighted by molar-refractivity contribution is 0.291. The lowest BCUT2D eigenvalue weighted by Crippen LogP contribution is -2.25. The summed E-state index contributed by atoms with van der Waals surface area (Å²) >= 11 is 1.79. The van der Waals surface area contributed by atoms with Crippen molar-refractivity contribution >= 4 is 40.8 Å². The van der Waals surface area contributed by atoms with E-state index in [1.807, 2.05) is 0 Å². The molecule has 0 spiro atoms. The van der Waals surface area contributed by atoms with Gasteiger partial charge in [-0.15, -0.1) is 12.4 Å². The van der Waals surface area contributed by atoms with Gasteiger partial charge in [0.15, 0.2) is 0 Å². The molecule has 1 aromatic heterocycles. The Kier molecular flexibility index (Phi) is 8.38. The number of aliphatic hydroxyl groups is 2. The van der Waals surface area contributed by atoms with Gasteiger partial charge >= 0.3 is 0 Å². The van der Waals surface area contributed by atoms with Crippen molar-refractivity contribution in [2.75, 3.05) is 51.3 Å². The molecule has 30 heavy (non-hydrogen) atoms. The molecule has 0 saturated heterocycles. The van der Waals surface area contributed by atoms with Crippen LogP contribution in [0.2, 0.25) is 0 Å². The van der Waals surface area contributed by atoms with Crippen molar-refractivity contribution in [3.8, 4) is 11.3 Å². The molecule has 0 amide bonds.